The Morgan fingerprint density at radius 1 is 0.710 bits per heavy atom. The van der Waals surface area contributed by atoms with E-state index in [0.29, 0.717) is 24.6 Å². The number of rotatable bonds is 15. The average molecular weight is 509 g/mol. The van der Waals surface area contributed by atoms with Gasteiger partial charge in [-0.15, -0.1) is 0 Å². The van der Waals surface area contributed by atoms with E-state index in [9.17, 15) is 9.59 Å². The fourth-order valence-corrected chi connectivity index (χ4v) is 18.6. The number of hydrogen-bond acceptors (Lipinski definition) is 7. The van der Waals surface area contributed by atoms with Gasteiger partial charge >= 0.3 is 20.7 Å². The van der Waals surface area contributed by atoms with Crippen molar-refractivity contribution in [1.82, 2.24) is 0 Å². The minimum absolute atomic E-state index is 0.266. The van der Waals surface area contributed by atoms with Crippen LogP contribution in [0.2, 0.25) is 64.5 Å². The predicted molar refractivity (Wildman–Crippen MR) is 134 cm³/mol. The molecule has 7 nitrogen and oxygen atoms in total. The van der Waals surface area contributed by atoms with Crippen molar-refractivity contribution in [3.8, 4) is 0 Å². The third-order valence-corrected chi connectivity index (χ3v) is 17.2. The Morgan fingerprint density at radius 3 is 1.58 bits per heavy atom. The van der Waals surface area contributed by atoms with E-state index in [1.807, 2.05) is 0 Å². The van der Waals surface area contributed by atoms with Crippen LogP contribution in [0.15, 0.2) is 12.2 Å². The molecular formula is C20H44O7Si4. The molecule has 0 spiro atoms. The summed E-state index contributed by atoms with van der Waals surface area (Å²) in [5, 5.41) is 0. The molecule has 0 atom stereocenters. The topological polar surface area (TPSA) is 80.3 Å². The van der Waals surface area contributed by atoms with Crippen molar-refractivity contribution in [3.05, 3.63) is 12.2 Å². The van der Waals surface area contributed by atoms with Gasteiger partial charge < -0.3 is 21.8 Å². The largest absolute Gasteiger partial charge is 0.469 e. The Hall–Kier alpha value is -0.572. The number of carbonyl (C=O) groups is 2. The summed E-state index contributed by atoms with van der Waals surface area (Å²) in [5.74, 6) is -0.650. The van der Waals surface area contributed by atoms with Gasteiger partial charge in [-0.2, -0.15) is 0 Å². The molecule has 182 valence electrons. The quantitative estimate of drug-likeness (QED) is 0.128. The fraction of sp³-hybridized carbons (Fsp3) is 0.800. The molecule has 0 aromatic rings. The molecule has 0 aliphatic carbocycles. The Balaban J connectivity index is 5.49. The zero-order chi connectivity index (χ0) is 24.5. The highest BCUT2D eigenvalue weighted by atomic mass is 28.5. The van der Waals surface area contributed by atoms with Crippen LogP contribution in [0.3, 0.4) is 0 Å². The molecule has 0 heterocycles. The number of carbonyl (C=O) groups excluding carboxylic acids is 2. The molecule has 0 rings (SSSR count). The van der Waals surface area contributed by atoms with E-state index < -0.39 is 33.8 Å². The normalized spacial score (nSPS) is 13.1. The second kappa shape index (κ2) is 12.6. The Labute approximate surface area is 193 Å². The fourth-order valence-electron chi connectivity index (χ4n) is 2.91. The highest BCUT2D eigenvalue weighted by Gasteiger charge is 2.50. The second-order valence-electron chi connectivity index (χ2n) is 10.4. The smallest absolute Gasteiger partial charge is 0.466 e. The summed E-state index contributed by atoms with van der Waals surface area (Å²) in [6.45, 7) is 24.5. The maximum absolute atomic E-state index is 11.7. The lowest BCUT2D eigenvalue weighted by Crippen LogP contribution is -2.61. The Kier molecular flexibility index (Phi) is 12.4. The minimum Gasteiger partial charge on any atom is -0.466 e. The van der Waals surface area contributed by atoms with Crippen LogP contribution in [0, 0.1) is 0 Å². The zero-order valence-electron chi connectivity index (χ0n) is 21.3. The molecule has 11 heteroatoms. The minimum atomic E-state index is -3.02. The second-order valence-corrected chi connectivity index (χ2v) is 27.2. The third-order valence-electron chi connectivity index (χ3n) is 3.79. The van der Waals surface area contributed by atoms with E-state index in [1.165, 1.54) is 6.92 Å². The van der Waals surface area contributed by atoms with Gasteiger partial charge in [0.05, 0.1) is 13.2 Å². The first-order chi connectivity index (χ1) is 13.9. The maximum Gasteiger partial charge on any atom is 0.469 e. The summed E-state index contributed by atoms with van der Waals surface area (Å²) in [6, 6.07) is 1.44. The molecule has 0 radical (unpaired) electrons. The number of hydrogen-bond donors (Lipinski definition) is 0. The summed E-state index contributed by atoms with van der Waals surface area (Å²) in [7, 11) is -9.15. The van der Waals surface area contributed by atoms with Gasteiger partial charge in [-0.05, 0) is 78.2 Å². The molecule has 0 unspecified atom stereocenters. The van der Waals surface area contributed by atoms with Gasteiger partial charge in [0.25, 0.3) is 0 Å². The molecule has 31 heavy (non-hydrogen) atoms. The summed E-state index contributed by atoms with van der Waals surface area (Å²) in [4.78, 5) is 22.8. The zero-order valence-corrected chi connectivity index (χ0v) is 25.3. The number of esters is 2. The molecule has 0 saturated heterocycles. The Morgan fingerprint density at radius 2 is 1.16 bits per heavy atom. The van der Waals surface area contributed by atoms with Gasteiger partial charge in [0.1, 0.15) is 0 Å². The van der Waals surface area contributed by atoms with E-state index in [1.54, 1.807) is 6.92 Å². The molecular weight excluding hydrogens is 465 g/mol. The van der Waals surface area contributed by atoms with Crippen LogP contribution in [0.1, 0.15) is 26.7 Å². The van der Waals surface area contributed by atoms with E-state index in [2.05, 4.69) is 59.0 Å². The van der Waals surface area contributed by atoms with Crippen LogP contribution in [-0.4, -0.2) is 58.9 Å². The van der Waals surface area contributed by atoms with Gasteiger partial charge in [0, 0.05) is 18.5 Å². The third kappa shape index (κ3) is 15.8. The van der Waals surface area contributed by atoms with Crippen LogP contribution in [-0.2, 0) is 31.4 Å². The molecule has 0 N–H and O–H groups in total. The predicted octanol–water partition coefficient (Wildman–Crippen LogP) is 5.31. The highest BCUT2D eigenvalue weighted by molar-refractivity contribution is 6.90. The van der Waals surface area contributed by atoms with Crippen LogP contribution in [0.4, 0.5) is 0 Å². The van der Waals surface area contributed by atoms with Gasteiger partial charge in [0.15, 0.2) is 25.0 Å². The first-order valence-corrected chi connectivity index (χ1v) is 22.8. The lowest BCUT2D eigenvalue weighted by molar-refractivity contribution is -0.141. The molecule has 0 saturated carbocycles. The standard InChI is InChI=1S/C20H44O7Si4/c1-18(2)20(22)24-15-13-17-31(25-28(4,5)6,26-29(7,8)9)27-30(10,11)16-12-14-23-19(3)21/h1,12-17H2,2-11H3. The van der Waals surface area contributed by atoms with E-state index in [4.69, 9.17) is 21.8 Å². The van der Waals surface area contributed by atoms with Crippen molar-refractivity contribution >= 4 is 45.7 Å². The first-order valence-electron chi connectivity index (χ1n) is 10.9. The molecule has 0 amide bonds. The van der Waals surface area contributed by atoms with Crippen LogP contribution >= 0.6 is 0 Å². The van der Waals surface area contributed by atoms with Crippen molar-refractivity contribution in [2.75, 3.05) is 13.2 Å². The average Bonchev–Trinajstić information content (AvgIpc) is 2.51. The van der Waals surface area contributed by atoms with E-state index >= 15 is 0 Å². The van der Waals surface area contributed by atoms with Gasteiger partial charge in [-0.25, -0.2) is 4.79 Å². The Bertz CT molecular complexity index is 594. The summed E-state index contributed by atoms with van der Waals surface area (Å²) < 4.78 is 30.6. The molecule has 0 bridgehead atoms. The van der Waals surface area contributed by atoms with Gasteiger partial charge in [-0.3, -0.25) is 4.79 Å². The summed E-state index contributed by atoms with van der Waals surface area (Å²) >= 11 is 0. The monoisotopic (exact) mass is 508 g/mol. The van der Waals surface area contributed by atoms with Gasteiger partial charge in [0.2, 0.25) is 0 Å². The van der Waals surface area contributed by atoms with Crippen LogP contribution in [0.5, 0.6) is 0 Å². The highest BCUT2D eigenvalue weighted by Crippen LogP contribution is 2.31. The van der Waals surface area contributed by atoms with Crippen LogP contribution in [0.25, 0.3) is 0 Å². The maximum atomic E-state index is 11.7. The van der Waals surface area contributed by atoms with Crippen molar-refractivity contribution in [3.63, 3.8) is 0 Å². The van der Waals surface area contributed by atoms with Crippen molar-refractivity contribution in [1.29, 1.82) is 0 Å². The van der Waals surface area contributed by atoms with Crippen molar-refractivity contribution in [2.24, 2.45) is 0 Å². The van der Waals surface area contributed by atoms with Gasteiger partial charge in [-0.1, -0.05) is 6.58 Å². The lowest BCUT2D eigenvalue weighted by Gasteiger charge is -2.43. The lowest BCUT2D eigenvalue weighted by atomic mass is 10.4. The first kappa shape index (κ1) is 30.4. The molecule has 0 fully saturated rings. The molecule has 0 aliphatic rings. The van der Waals surface area contributed by atoms with Crippen LogP contribution < -0.4 is 0 Å². The molecule has 0 aromatic heterocycles. The molecule has 0 aliphatic heterocycles. The summed E-state index contributed by atoms with van der Waals surface area (Å²) in [6.07, 6.45) is 1.36. The van der Waals surface area contributed by atoms with Crippen molar-refractivity contribution in [2.45, 2.75) is 91.2 Å². The molecule has 0 aromatic carbocycles. The SMILES string of the molecule is C=C(C)C(=O)OCCC[Si](O[Si](C)(C)C)(O[Si](C)(C)C)O[Si](C)(C)CCCOC(C)=O. The van der Waals surface area contributed by atoms with Crippen molar-refractivity contribution < 1.29 is 31.4 Å². The number of ether oxygens (including phenoxy) is 2. The summed E-state index contributed by atoms with van der Waals surface area (Å²) in [5.41, 5.74) is 0.387. The van der Waals surface area contributed by atoms with E-state index in [0.717, 1.165) is 12.5 Å². The van der Waals surface area contributed by atoms with E-state index in [-0.39, 0.29) is 18.5 Å².